The van der Waals surface area contributed by atoms with Gasteiger partial charge in [0.05, 0.1) is 0 Å². The molecule has 1 aliphatic rings. The highest BCUT2D eigenvalue weighted by atomic mass is 19.1. The van der Waals surface area contributed by atoms with Crippen LogP contribution in [0.15, 0.2) is 48.5 Å². The molecule has 2 aromatic rings. The number of rotatable bonds is 4. The highest BCUT2D eigenvalue weighted by Gasteiger charge is 2.39. The molecule has 6 nitrogen and oxygen atoms in total. The van der Waals surface area contributed by atoms with E-state index in [1.807, 2.05) is 26.0 Å². The van der Waals surface area contributed by atoms with Crippen molar-refractivity contribution >= 4 is 23.4 Å². The van der Waals surface area contributed by atoms with E-state index < -0.39 is 17.9 Å². The topological polar surface area (TPSA) is 78.5 Å². The van der Waals surface area contributed by atoms with E-state index >= 15 is 0 Å². The number of fused-ring (bicyclic) bond motifs is 1. The molecule has 0 spiro atoms. The third-order valence-corrected chi connectivity index (χ3v) is 4.36. The van der Waals surface area contributed by atoms with Gasteiger partial charge in [-0.3, -0.25) is 14.4 Å². The summed E-state index contributed by atoms with van der Waals surface area (Å²) in [6, 6.07) is 11.8. The summed E-state index contributed by atoms with van der Waals surface area (Å²) in [6.07, 6.45) is 0. The first-order valence-electron chi connectivity index (χ1n) is 8.63. The Morgan fingerprint density at radius 1 is 1.07 bits per heavy atom. The van der Waals surface area contributed by atoms with Gasteiger partial charge in [0, 0.05) is 23.8 Å². The van der Waals surface area contributed by atoms with Crippen molar-refractivity contribution in [1.82, 2.24) is 10.6 Å². The summed E-state index contributed by atoms with van der Waals surface area (Å²) in [5.41, 5.74) is 2.05. The Morgan fingerprint density at radius 2 is 1.74 bits per heavy atom. The lowest BCUT2D eigenvalue weighted by Crippen LogP contribution is -2.45. The minimum Gasteiger partial charge on any atom is -0.344 e. The summed E-state index contributed by atoms with van der Waals surface area (Å²) in [6.45, 7) is 3.85. The molecule has 3 rings (SSSR count). The van der Waals surface area contributed by atoms with E-state index in [1.54, 1.807) is 17.0 Å². The van der Waals surface area contributed by atoms with Crippen molar-refractivity contribution in [3.63, 3.8) is 0 Å². The van der Waals surface area contributed by atoms with Gasteiger partial charge in [0.1, 0.15) is 11.9 Å². The zero-order chi connectivity index (χ0) is 19.6. The second-order valence-corrected chi connectivity index (χ2v) is 6.58. The fourth-order valence-corrected chi connectivity index (χ4v) is 3.08. The second kappa shape index (κ2) is 7.57. The number of hydrogen-bond donors (Lipinski definition) is 2. The summed E-state index contributed by atoms with van der Waals surface area (Å²) >= 11 is 0. The van der Waals surface area contributed by atoms with Crippen molar-refractivity contribution in [2.45, 2.75) is 32.5 Å². The van der Waals surface area contributed by atoms with Crippen molar-refractivity contribution in [2.24, 2.45) is 0 Å². The standard InChI is InChI=1S/C20H20FN3O3/c1-12(2)24-16-6-4-3-5-15(16)17(20(24)27)23-19(26)18(25)22-11-13-7-9-14(21)10-8-13/h3-10,12,17H,11H2,1-2H3,(H,22,25)(H,23,26)/t17-/m1/s1. The Labute approximate surface area is 156 Å². The van der Waals surface area contributed by atoms with E-state index in [0.29, 0.717) is 11.1 Å². The van der Waals surface area contributed by atoms with E-state index in [-0.39, 0.29) is 24.3 Å². The summed E-state index contributed by atoms with van der Waals surface area (Å²) in [5, 5.41) is 4.98. The van der Waals surface area contributed by atoms with E-state index in [0.717, 1.165) is 5.69 Å². The summed E-state index contributed by atoms with van der Waals surface area (Å²) in [5.74, 6) is -2.40. The van der Waals surface area contributed by atoms with Crippen LogP contribution in [0.4, 0.5) is 10.1 Å². The van der Waals surface area contributed by atoms with Gasteiger partial charge in [-0.1, -0.05) is 30.3 Å². The van der Waals surface area contributed by atoms with E-state index in [4.69, 9.17) is 0 Å². The summed E-state index contributed by atoms with van der Waals surface area (Å²) in [4.78, 5) is 38.7. The first-order valence-corrected chi connectivity index (χ1v) is 8.63. The van der Waals surface area contributed by atoms with Crippen LogP contribution in [0.2, 0.25) is 0 Å². The van der Waals surface area contributed by atoms with Crippen molar-refractivity contribution in [3.05, 3.63) is 65.5 Å². The molecule has 3 amide bonds. The monoisotopic (exact) mass is 369 g/mol. The van der Waals surface area contributed by atoms with Gasteiger partial charge >= 0.3 is 11.8 Å². The molecule has 7 heteroatoms. The SMILES string of the molecule is CC(C)N1C(=O)[C@H](NC(=O)C(=O)NCc2ccc(F)cc2)c2ccccc21. The lowest BCUT2D eigenvalue weighted by Gasteiger charge is -2.22. The lowest BCUT2D eigenvalue weighted by molar-refractivity contribution is -0.140. The molecule has 140 valence electrons. The van der Waals surface area contributed by atoms with Crippen LogP contribution in [-0.4, -0.2) is 23.8 Å². The van der Waals surface area contributed by atoms with Gasteiger partial charge < -0.3 is 15.5 Å². The third kappa shape index (κ3) is 3.81. The number of nitrogens with zero attached hydrogens (tertiary/aromatic N) is 1. The Bertz CT molecular complexity index is 880. The number of hydrogen-bond acceptors (Lipinski definition) is 3. The molecular weight excluding hydrogens is 349 g/mol. The largest absolute Gasteiger partial charge is 0.344 e. The highest BCUT2D eigenvalue weighted by Crippen LogP contribution is 2.36. The summed E-state index contributed by atoms with van der Waals surface area (Å²) in [7, 11) is 0. The van der Waals surface area contributed by atoms with E-state index in [2.05, 4.69) is 10.6 Å². The molecule has 1 aliphatic heterocycles. The van der Waals surface area contributed by atoms with Gasteiger partial charge in [-0.15, -0.1) is 0 Å². The Kier molecular flexibility index (Phi) is 5.21. The minimum atomic E-state index is -0.896. The molecule has 0 saturated carbocycles. The van der Waals surface area contributed by atoms with Crippen LogP contribution in [0.25, 0.3) is 0 Å². The maximum atomic E-state index is 12.9. The molecule has 27 heavy (non-hydrogen) atoms. The number of nitrogens with one attached hydrogen (secondary N) is 2. The highest BCUT2D eigenvalue weighted by molar-refractivity contribution is 6.35. The summed E-state index contributed by atoms with van der Waals surface area (Å²) < 4.78 is 12.9. The van der Waals surface area contributed by atoms with Crippen LogP contribution < -0.4 is 15.5 Å². The lowest BCUT2D eigenvalue weighted by atomic mass is 10.1. The molecule has 0 fully saturated rings. The smallest absolute Gasteiger partial charge is 0.310 e. The number of anilines is 1. The first kappa shape index (κ1) is 18.6. The number of benzene rings is 2. The van der Waals surface area contributed by atoms with Crippen LogP contribution in [0.1, 0.15) is 31.0 Å². The van der Waals surface area contributed by atoms with E-state index in [1.165, 1.54) is 24.3 Å². The van der Waals surface area contributed by atoms with Gasteiger partial charge in [0.25, 0.3) is 5.91 Å². The van der Waals surface area contributed by atoms with Crippen molar-refractivity contribution in [2.75, 3.05) is 4.90 Å². The molecule has 1 heterocycles. The minimum absolute atomic E-state index is 0.0761. The maximum Gasteiger partial charge on any atom is 0.310 e. The quantitative estimate of drug-likeness (QED) is 0.810. The van der Waals surface area contributed by atoms with Gasteiger partial charge in [-0.05, 0) is 37.6 Å². The molecule has 0 aromatic heterocycles. The molecule has 2 aromatic carbocycles. The maximum absolute atomic E-state index is 12.9. The number of halogens is 1. The average Bonchev–Trinajstić information content (AvgIpc) is 2.93. The van der Waals surface area contributed by atoms with Crippen LogP contribution >= 0.6 is 0 Å². The second-order valence-electron chi connectivity index (χ2n) is 6.58. The molecule has 0 bridgehead atoms. The normalized spacial score (nSPS) is 15.6. The molecule has 1 atom stereocenters. The molecule has 2 N–H and O–H groups in total. The fourth-order valence-electron chi connectivity index (χ4n) is 3.08. The zero-order valence-electron chi connectivity index (χ0n) is 15.0. The van der Waals surface area contributed by atoms with Crippen LogP contribution in [0.5, 0.6) is 0 Å². The fraction of sp³-hybridized carbons (Fsp3) is 0.250. The number of amides is 3. The number of para-hydroxylation sites is 1. The van der Waals surface area contributed by atoms with Gasteiger partial charge in [-0.25, -0.2) is 4.39 Å². The Hall–Kier alpha value is -3.22. The predicted molar refractivity (Wildman–Crippen MR) is 98.2 cm³/mol. The van der Waals surface area contributed by atoms with Crippen LogP contribution in [-0.2, 0) is 20.9 Å². The molecule has 0 unspecified atom stereocenters. The van der Waals surface area contributed by atoms with E-state index in [9.17, 15) is 18.8 Å². The molecule has 0 saturated heterocycles. The molecule has 0 aliphatic carbocycles. The number of carbonyl (C=O) groups excluding carboxylic acids is 3. The third-order valence-electron chi connectivity index (χ3n) is 4.36. The van der Waals surface area contributed by atoms with Crippen LogP contribution in [0, 0.1) is 5.82 Å². The predicted octanol–water partition coefficient (Wildman–Crippen LogP) is 2.05. The van der Waals surface area contributed by atoms with Gasteiger partial charge in [0.2, 0.25) is 0 Å². The average molecular weight is 369 g/mol. The van der Waals surface area contributed by atoms with Crippen molar-refractivity contribution in [3.8, 4) is 0 Å². The van der Waals surface area contributed by atoms with Crippen molar-refractivity contribution < 1.29 is 18.8 Å². The van der Waals surface area contributed by atoms with Gasteiger partial charge in [0.15, 0.2) is 0 Å². The van der Waals surface area contributed by atoms with Gasteiger partial charge in [-0.2, -0.15) is 0 Å². The molecule has 0 radical (unpaired) electrons. The Balaban J connectivity index is 1.67. The molecular formula is C20H20FN3O3. The number of carbonyl (C=O) groups is 3. The first-order chi connectivity index (χ1) is 12.9. The van der Waals surface area contributed by atoms with Crippen molar-refractivity contribution in [1.29, 1.82) is 0 Å². The Morgan fingerprint density at radius 3 is 2.41 bits per heavy atom. The zero-order valence-corrected chi connectivity index (χ0v) is 15.0. The van der Waals surface area contributed by atoms with Crippen LogP contribution in [0.3, 0.4) is 0 Å².